The number of aromatic nitrogens is 4. The molecule has 0 aliphatic heterocycles. The SMILES string of the molecule is CCc1nc(-c2ccc3c(c2)CC[C@H]3NC(=O)c2cnn(CCCO)c2C)no1. The highest BCUT2D eigenvalue weighted by atomic mass is 16.5. The summed E-state index contributed by atoms with van der Waals surface area (Å²) < 4.78 is 6.97. The van der Waals surface area contributed by atoms with Crippen LogP contribution in [0.3, 0.4) is 0 Å². The van der Waals surface area contributed by atoms with Gasteiger partial charge < -0.3 is 14.9 Å². The van der Waals surface area contributed by atoms with Gasteiger partial charge >= 0.3 is 0 Å². The molecule has 152 valence electrons. The lowest BCUT2D eigenvalue weighted by molar-refractivity contribution is 0.0936. The van der Waals surface area contributed by atoms with E-state index in [1.54, 1.807) is 10.9 Å². The van der Waals surface area contributed by atoms with Gasteiger partial charge in [0, 0.05) is 30.8 Å². The summed E-state index contributed by atoms with van der Waals surface area (Å²) in [6, 6.07) is 6.08. The minimum Gasteiger partial charge on any atom is -0.396 e. The third-order valence-electron chi connectivity index (χ3n) is 5.43. The highest BCUT2D eigenvalue weighted by molar-refractivity contribution is 5.95. The van der Waals surface area contributed by atoms with Crippen molar-refractivity contribution in [3.63, 3.8) is 0 Å². The molecule has 0 saturated carbocycles. The highest BCUT2D eigenvalue weighted by Gasteiger charge is 2.26. The van der Waals surface area contributed by atoms with Gasteiger partial charge in [-0.05, 0) is 43.4 Å². The van der Waals surface area contributed by atoms with Gasteiger partial charge in [-0.1, -0.05) is 24.2 Å². The van der Waals surface area contributed by atoms with Crippen molar-refractivity contribution in [3.8, 4) is 11.4 Å². The van der Waals surface area contributed by atoms with Crippen LogP contribution in [0, 0.1) is 6.92 Å². The van der Waals surface area contributed by atoms with Crippen molar-refractivity contribution in [2.45, 2.75) is 52.1 Å². The average molecular weight is 395 g/mol. The minimum absolute atomic E-state index is 0.0248. The normalized spacial score (nSPS) is 15.5. The molecule has 0 bridgehead atoms. The number of amides is 1. The number of aliphatic hydroxyl groups is 1. The summed E-state index contributed by atoms with van der Waals surface area (Å²) in [6.45, 7) is 4.56. The first-order valence-electron chi connectivity index (χ1n) is 10.0. The number of fused-ring (bicyclic) bond motifs is 1. The van der Waals surface area contributed by atoms with Crippen molar-refractivity contribution in [2.75, 3.05) is 6.61 Å². The second kappa shape index (κ2) is 8.16. The monoisotopic (exact) mass is 395 g/mol. The smallest absolute Gasteiger partial charge is 0.255 e. The first-order valence-corrected chi connectivity index (χ1v) is 10.0. The summed E-state index contributed by atoms with van der Waals surface area (Å²) in [7, 11) is 0. The molecular weight excluding hydrogens is 370 g/mol. The average Bonchev–Trinajstić information content (AvgIpc) is 3.45. The van der Waals surface area contributed by atoms with E-state index in [1.165, 1.54) is 5.56 Å². The molecule has 1 aliphatic carbocycles. The van der Waals surface area contributed by atoms with Crippen LogP contribution in [-0.4, -0.2) is 37.5 Å². The van der Waals surface area contributed by atoms with Crippen LogP contribution in [0.15, 0.2) is 28.9 Å². The third kappa shape index (κ3) is 3.80. The molecule has 8 heteroatoms. The summed E-state index contributed by atoms with van der Waals surface area (Å²) >= 11 is 0. The molecule has 3 aromatic rings. The molecule has 4 rings (SSSR count). The third-order valence-corrected chi connectivity index (χ3v) is 5.43. The Bertz CT molecular complexity index is 1020. The maximum Gasteiger partial charge on any atom is 0.255 e. The second-order valence-electron chi connectivity index (χ2n) is 7.29. The zero-order valence-corrected chi connectivity index (χ0v) is 16.7. The first-order chi connectivity index (χ1) is 14.1. The second-order valence-corrected chi connectivity index (χ2v) is 7.29. The van der Waals surface area contributed by atoms with E-state index in [-0.39, 0.29) is 18.6 Å². The van der Waals surface area contributed by atoms with Crippen molar-refractivity contribution in [1.82, 2.24) is 25.2 Å². The largest absolute Gasteiger partial charge is 0.396 e. The molecule has 0 fully saturated rings. The van der Waals surface area contributed by atoms with Crippen LogP contribution < -0.4 is 5.32 Å². The van der Waals surface area contributed by atoms with Gasteiger partial charge in [0.15, 0.2) is 0 Å². The van der Waals surface area contributed by atoms with Gasteiger partial charge in [-0.25, -0.2) is 0 Å². The molecule has 1 aliphatic rings. The number of benzene rings is 1. The quantitative estimate of drug-likeness (QED) is 0.637. The number of rotatable bonds is 7. The van der Waals surface area contributed by atoms with Crippen LogP contribution in [0.1, 0.15) is 58.9 Å². The van der Waals surface area contributed by atoms with Crippen molar-refractivity contribution in [3.05, 3.63) is 52.7 Å². The van der Waals surface area contributed by atoms with Gasteiger partial charge in [0.2, 0.25) is 11.7 Å². The van der Waals surface area contributed by atoms with Crippen LogP contribution >= 0.6 is 0 Å². The Morgan fingerprint density at radius 2 is 2.28 bits per heavy atom. The first kappa shape index (κ1) is 19.3. The number of hydrogen-bond acceptors (Lipinski definition) is 6. The Kier molecular flexibility index (Phi) is 5.44. The number of nitrogens with one attached hydrogen (secondary N) is 1. The van der Waals surface area contributed by atoms with Gasteiger partial charge in [0.1, 0.15) is 0 Å². The number of nitrogens with zero attached hydrogens (tertiary/aromatic N) is 4. The van der Waals surface area contributed by atoms with E-state index in [4.69, 9.17) is 9.63 Å². The lowest BCUT2D eigenvalue weighted by Crippen LogP contribution is -2.27. The summed E-state index contributed by atoms with van der Waals surface area (Å²) in [5, 5.41) is 20.4. The van der Waals surface area contributed by atoms with Crippen LogP contribution in [0.25, 0.3) is 11.4 Å². The van der Waals surface area contributed by atoms with Crippen molar-refractivity contribution in [2.24, 2.45) is 0 Å². The Balaban J connectivity index is 1.48. The highest BCUT2D eigenvalue weighted by Crippen LogP contribution is 2.34. The summed E-state index contributed by atoms with van der Waals surface area (Å²) in [4.78, 5) is 17.2. The van der Waals surface area contributed by atoms with Crippen molar-refractivity contribution >= 4 is 5.91 Å². The summed E-state index contributed by atoms with van der Waals surface area (Å²) in [5.74, 6) is 1.11. The molecule has 2 aromatic heterocycles. The molecule has 0 saturated heterocycles. The van der Waals surface area contributed by atoms with Gasteiger partial charge in [-0.2, -0.15) is 10.1 Å². The number of aryl methyl sites for hydroxylation is 3. The fraction of sp³-hybridized carbons (Fsp3) is 0.429. The topological polar surface area (TPSA) is 106 Å². The standard InChI is InChI=1S/C21H25N5O3/c1-3-19-24-20(25-29-19)15-5-7-16-14(11-15)6-8-18(16)23-21(28)17-12-22-26(13(17)2)9-4-10-27/h5,7,11-12,18,27H,3-4,6,8-10H2,1-2H3,(H,23,28)/t18-/m1/s1. The molecule has 0 spiro atoms. The summed E-state index contributed by atoms with van der Waals surface area (Å²) in [5.41, 5.74) is 4.65. The van der Waals surface area contributed by atoms with E-state index in [0.717, 1.165) is 29.7 Å². The number of carbonyl (C=O) groups is 1. The van der Waals surface area contributed by atoms with Crippen LogP contribution in [-0.2, 0) is 19.4 Å². The molecule has 2 N–H and O–H groups in total. The van der Waals surface area contributed by atoms with E-state index in [1.807, 2.05) is 26.0 Å². The number of carbonyl (C=O) groups excluding carboxylic acids is 1. The molecule has 1 atom stereocenters. The van der Waals surface area contributed by atoms with E-state index >= 15 is 0 Å². The van der Waals surface area contributed by atoms with Crippen LogP contribution in [0.4, 0.5) is 0 Å². The van der Waals surface area contributed by atoms with Crippen molar-refractivity contribution < 1.29 is 14.4 Å². The fourth-order valence-electron chi connectivity index (χ4n) is 3.77. The molecule has 1 aromatic carbocycles. The predicted molar refractivity (Wildman–Crippen MR) is 106 cm³/mol. The van der Waals surface area contributed by atoms with Gasteiger partial charge in [0.05, 0.1) is 17.8 Å². The predicted octanol–water partition coefficient (Wildman–Crippen LogP) is 2.60. The van der Waals surface area contributed by atoms with E-state index in [2.05, 4.69) is 26.6 Å². The number of hydrogen-bond donors (Lipinski definition) is 2. The Hall–Kier alpha value is -3.00. The zero-order chi connectivity index (χ0) is 20.4. The Labute approximate surface area is 168 Å². The van der Waals surface area contributed by atoms with E-state index < -0.39 is 0 Å². The van der Waals surface area contributed by atoms with Gasteiger partial charge in [0.25, 0.3) is 5.91 Å². The number of aliphatic hydroxyl groups excluding tert-OH is 1. The molecule has 1 amide bonds. The molecule has 8 nitrogen and oxygen atoms in total. The Morgan fingerprint density at radius 3 is 3.03 bits per heavy atom. The minimum atomic E-state index is -0.120. The van der Waals surface area contributed by atoms with E-state index in [0.29, 0.717) is 36.7 Å². The molecular formula is C21H25N5O3. The zero-order valence-electron chi connectivity index (χ0n) is 16.7. The van der Waals surface area contributed by atoms with Crippen LogP contribution in [0.5, 0.6) is 0 Å². The molecule has 2 heterocycles. The van der Waals surface area contributed by atoms with Crippen molar-refractivity contribution in [1.29, 1.82) is 0 Å². The van der Waals surface area contributed by atoms with Gasteiger partial charge in [-0.15, -0.1) is 0 Å². The maximum absolute atomic E-state index is 12.8. The lowest BCUT2D eigenvalue weighted by atomic mass is 10.0. The Morgan fingerprint density at radius 1 is 1.41 bits per heavy atom. The van der Waals surface area contributed by atoms with Gasteiger partial charge in [-0.3, -0.25) is 9.48 Å². The molecule has 29 heavy (non-hydrogen) atoms. The molecule has 0 radical (unpaired) electrons. The molecule has 0 unspecified atom stereocenters. The van der Waals surface area contributed by atoms with E-state index in [9.17, 15) is 4.79 Å². The maximum atomic E-state index is 12.8. The fourth-order valence-corrected chi connectivity index (χ4v) is 3.77. The lowest BCUT2D eigenvalue weighted by Gasteiger charge is -2.14. The summed E-state index contributed by atoms with van der Waals surface area (Å²) in [6.07, 6.45) is 4.67. The van der Waals surface area contributed by atoms with Crippen LogP contribution in [0.2, 0.25) is 0 Å².